The third-order valence-electron chi connectivity index (χ3n) is 1.80. The predicted octanol–water partition coefficient (Wildman–Crippen LogP) is 2.81. The van der Waals surface area contributed by atoms with Crippen LogP contribution in [0.25, 0.3) is 10.2 Å². The standard InChI is InChI=1S/C8H6BrNOS/c1-10-2-5(3-11)8-7(10)6(9)4-12-8/h2-4H,1H3. The van der Waals surface area contributed by atoms with Crippen molar-refractivity contribution in [1.82, 2.24) is 4.57 Å². The van der Waals surface area contributed by atoms with Gasteiger partial charge in [0.1, 0.15) is 0 Å². The highest BCUT2D eigenvalue weighted by Crippen LogP contribution is 2.32. The van der Waals surface area contributed by atoms with Crippen LogP contribution in [0, 0.1) is 0 Å². The van der Waals surface area contributed by atoms with Crippen molar-refractivity contribution in [1.29, 1.82) is 0 Å². The van der Waals surface area contributed by atoms with E-state index in [-0.39, 0.29) is 0 Å². The number of nitrogens with zero attached hydrogens (tertiary/aromatic N) is 1. The fourth-order valence-corrected chi connectivity index (χ4v) is 3.10. The van der Waals surface area contributed by atoms with Gasteiger partial charge in [-0.05, 0) is 15.9 Å². The number of halogens is 1. The second-order valence-corrected chi connectivity index (χ2v) is 4.31. The molecule has 0 aliphatic carbocycles. The Balaban J connectivity index is 2.92. The van der Waals surface area contributed by atoms with E-state index in [1.807, 2.05) is 23.2 Å². The van der Waals surface area contributed by atoms with E-state index in [9.17, 15) is 4.79 Å². The molecule has 0 amide bonds. The molecule has 12 heavy (non-hydrogen) atoms. The first-order chi connectivity index (χ1) is 5.74. The van der Waals surface area contributed by atoms with E-state index in [0.29, 0.717) is 0 Å². The van der Waals surface area contributed by atoms with Crippen molar-refractivity contribution in [2.75, 3.05) is 0 Å². The van der Waals surface area contributed by atoms with E-state index < -0.39 is 0 Å². The van der Waals surface area contributed by atoms with Gasteiger partial charge in [-0.1, -0.05) is 0 Å². The monoisotopic (exact) mass is 243 g/mol. The van der Waals surface area contributed by atoms with Gasteiger partial charge in [-0.2, -0.15) is 0 Å². The zero-order chi connectivity index (χ0) is 8.72. The van der Waals surface area contributed by atoms with Crippen LogP contribution in [0.2, 0.25) is 0 Å². The Morgan fingerprint density at radius 1 is 1.67 bits per heavy atom. The summed E-state index contributed by atoms with van der Waals surface area (Å²) in [6.45, 7) is 0. The number of fused-ring (bicyclic) bond motifs is 1. The summed E-state index contributed by atoms with van der Waals surface area (Å²) in [5, 5.41) is 2.00. The van der Waals surface area contributed by atoms with Gasteiger partial charge in [0.2, 0.25) is 0 Å². The molecule has 0 fully saturated rings. The van der Waals surface area contributed by atoms with Crippen LogP contribution in [0.15, 0.2) is 16.0 Å². The SMILES string of the molecule is Cn1cc(C=O)c2scc(Br)c21. The molecule has 62 valence electrons. The molecule has 0 saturated carbocycles. The van der Waals surface area contributed by atoms with Crippen LogP contribution in [0.5, 0.6) is 0 Å². The third kappa shape index (κ3) is 0.949. The molecular weight excluding hydrogens is 238 g/mol. The fourth-order valence-electron chi connectivity index (χ4n) is 1.28. The molecule has 0 aliphatic rings. The normalized spacial score (nSPS) is 10.8. The Labute approximate surface area is 81.9 Å². The second kappa shape index (κ2) is 2.71. The molecule has 2 nitrogen and oxygen atoms in total. The van der Waals surface area contributed by atoms with Crippen molar-refractivity contribution < 1.29 is 4.79 Å². The summed E-state index contributed by atoms with van der Waals surface area (Å²) >= 11 is 5.02. The number of carbonyl (C=O) groups is 1. The van der Waals surface area contributed by atoms with Crippen molar-refractivity contribution in [3.05, 3.63) is 21.6 Å². The molecule has 0 aromatic carbocycles. The van der Waals surface area contributed by atoms with Crippen molar-refractivity contribution in [2.24, 2.45) is 7.05 Å². The van der Waals surface area contributed by atoms with Gasteiger partial charge in [0, 0.05) is 24.2 Å². The lowest BCUT2D eigenvalue weighted by molar-refractivity contribution is 0.112. The lowest BCUT2D eigenvalue weighted by Gasteiger charge is -1.90. The molecule has 2 aromatic rings. The van der Waals surface area contributed by atoms with E-state index >= 15 is 0 Å². The van der Waals surface area contributed by atoms with Crippen molar-refractivity contribution >= 4 is 43.8 Å². The minimum absolute atomic E-state index is 0.767. The van der Waals surface area contributed by atoms with Crippen LogP contribution < -0.4 is 0 Å². The number of aryl methyl sites for hydroxylation is 1. The van der Waals surface area contributed by atoms with Gasteiger partial charge < -0.3 is 4.57 Å². The van der Waals surface area contributed by atoms with Crippen molar-refractivity contribution in [3.8, 4) is 0 Å². The van der Waals surface area contributed by atoms with E-state index in [0.717, 1.165) is 26.5 Å². The quantitative estimate of drug-likeness (QED) is 0.707. The first kappa shape index (κ1) is 8.01. The minimum Gasteiger partial charge on any atom is -0.348 e. The van der Waals surface area contributed by atoms with Gasteiger partial charge in [0.05, 0.1) is 14.7 Å². The van der Waals surface area contributed by atoms with E-state index in [2.05, 4.69) is 15.9 Å². The molecule has 0 aliphatic heterocycles. The first-order valence-corrected chi connectivity index (χ1v) is 5.08. The zero-order valence-corrected chi connectivity index (χ0v) is 8.78. The van der Waals surface area contributed by atoms with Gasteiger partial charge in [0.15, 0.2) is 6.29 Å². The Bertz CT molecular complexity index is 443. The lowest BCUT2D eigenvalue weighted by atomic mass is 10.3. The Kier molecular flexibility index (Phi) is 1.81. The minimum atomic E-state index is 0.767. The van der Waals surface area contributed by atoms with Crippen LogP contribution in [-0.4, -0.2) is 10.9 Å². The number of aldehydes is 1. The van der Waals surface area contributed by atoms with Gasteiger partial charge in [0.25, 0.3) is 0 Å². The van der Waals surface area contributed by atoms with Crippen LogP contribution in [-0.2, 0) is 7.05 Å². The number of hydrogen-bond acceptors (Lipinski definition) is 2. The molecule has 0 radical (unpaired) electrons. The number of hydrogen-bond donors (Lipinski definition) is 0. The number of rotatable bonds is 1. The molecule has 2 rings (SSSR count). The fraction of sp³-hybridized carbons (Fsp3) is 0.125. The third-order valence-corrected chi connectivity index (χ3v) is 3.72. The van der Waals surface area contributed by atoms with Gasteiger partial charge >= 0.3 is 0 Å². The topological polar surface area (TPSA) is 22.0 Å². The first-order valence-electron chi connectivity index (χ1n) is 3.41. The highest BCUT2D eigenvalue weighted by molar-refractivity contribution is 9.10. The molecule has 0 unspecified atom stereocenters. The van der Waals surface area contributed by atoms with Crippen LogP contribution >= 0.6 is 27.3 Å². The summed E-state index contributed by atoms with van der Waals surface area (Å²) < 4.78 is 4.07. The number of carbonyl (C=O) groups excluding carboxylic acids is 1. The molecule has 2 aromatic heterocycles. The summed E-state index contributed by atoms with van der Waals surface area (Å²) in [6.07, 6.45) is 2.74. The van der Waals surface area contributed by atoms with Crippen LogP contribution in [0.3, 0.4) is 0 Å². The number of thiophene rings is 1. The molecule has 0 atom stereocenters. The highest BCUT2D eigenvalue weighted by atomic mass is 79.9. The highest BCUT2D eigenvalue weighted by Gasteiger charge is 2.10. The van der Waals surface area contributed by atoms with Gasteiger partial charge in [-0.3, -0.25) is 4.79 Å². The summed E-state index contributed by atoms with van der Waals surface area (Å²) in [5.41, 5.74) is 1.87. The summed E-state index contributed by atoms with van der Waals surface area (Å²) in [4.78, 5) is 10.6. The molecule has 0 saturated heterocycles. The van der Waals surface area contributed by atoms with Crippen molar-refractivity contribution in [2.45, 2.75) is 0 Å². The Hall–Kier alpha value is -0.610. The van der Waals surface area contributed by atoms with Gasteiger partial charge in [-0.25, -0.2) is 0 Å². The maximum absolute atomic E-state index is 10.6. The summed E-state index contributed by atoms with van der Waals surface area (Å²) in [7, 11) is 1.94. The van der Waals surface area contributed by atoms with E-state index in [1.54, 1.807) is 11.3 Å². The molecule has 4 heteroatoms. The van der Waals surface area contributed by atoms with Crippen LogP contribution in [0.1, 0.15) is 10.4 Å². The molecule has 2 heterocycles. The molecule has 0 N–H and O–H groups in total. The maximum atomic E-state index is 10.6. The smallest absolute Gasteiger partial charge is 0.153 e. The summed E-state index contributed by atoms with van der Waals surface area (Å²) in [5.74, 6) is 0. The lowest BCUT2D eigenvalue weighted by Crippen LogP contribution is -1.82. The maximum Gasteiger partial charge on any atom is 0.153 e. The van der Waals surface area contributed by atoms with E-state index in [4.69, 9.17) is 0 Å². The Morgan fingerprint density at radius 2 is 2.42 bits per heavy atom. The predicted molar refractivity (Wildman–Crippen MR) is 53.9 cm³/mol. The number of aromatic nitrogens is 1. The Morgan fingerprint density at radius 3 is 3.08 bits per heavy atom. The van der Waals surface area contributed by atoms with E-state index in [1.165, 1.54) is 0 Å². The zero-order valence-electron chi connectivity index (χ0n) is 6.37. The average molecular weight is 244 g/mol. The molecule has 0 bridgehead atoms. The molecular formula is C8H6BrNOS. The second-order valence-electron chi connectivity index (χ2n) is 2.57. The van der Waals surface area contributed by atoms with Crippen molar-refractivity contribution in [3.63, 3.8) is 0 Å². The van der Waals surface area contributed by atoms with Crippen LogP contribution in [0.4, 0.5) is 0 Å². The summed E-state index contributed by atoms with van der Waals surface area (Å²) in [6, 6.07) is 0. The largest absolute Gasteiger partial charge is 0.348 e. The average Bonchev–Trinajstić information content (AvgIpc) is 2.55. The van der Waals surface area contributed by atoms with Gasteiger partial charge in [-0.15, -0.1) is 11.3 Å². The molecule has 0 spiro atoms.